The van der Waals surface area contributed by atoms with Gasteiger partial charge >= 0.3 is 11.9 Å². The lowest BCUT2D eigenvalue weighted by atomic mass is 9.47. The number of hydrogen-bond acceptors (Lipinski definition) is 8. The number of fused-ring (bicyclic) bond motifs is 2. The van der Waals surface area contributed by atoms with Crippen molar-refractivity contribution in [2.45, 2.75) is 62.4 Å². The molecule has 1 spiro atoms. The van der Waals surface area contributed by atoms with E-state index >= 15 is 0 Å². The molecule has 0 radical (unpaired) electrons. The van der Waals surface area contributed by atoms with Crippen LogP contribution in [-0.2, 0) is 24.4 Å². The number of ketones is 1. The molecular formula is C28H28O8. The Morgan fingerprint density at radius 1 is 1.14 bits per heavy atom. The lowest BCUT2D eigenvalue weighted by Gasteiger charge is -2.54. The Morgan fingerprint density at radius 2 is 1.92 bits per heavy atom. The lowest BCUT2D eigenvalue weighted by molar-refractivity contribution is -0.0828. The Morgan fingerprint density at radius 3 is 2.67 bits per heavy atom. The Labute approximate surface area is 208 Å². The first-order valence-corrected chi connectivity index (χ1v) is 12.6. The Bertz CT molecular complexity index is 1300. The van der Waals surface area contributed by atoms with Gasteiger partial charge in [0.2, 0.25) is 5.78 Å². The van der Waals surface area contributed by atoms with Crippen molar-refractivity contribution in [2.24, 2.45) is 17.3 Å². The molecule has 1 saturated heterocycles. The van der Waals surface area contributed by atoms with Crippen LogP contribution in [0.3, 0.4) is 0 Å². The fourth-order valence-electron chi connectivity index (χ4n) is 8.17. The molecule has 2 aromatic rings. The zero-order chi connectivity index (χ0) is 25.0. The van der Waals surface area contributed by atoms with Crippen LogP contribution in [0, 0.1) is 17.3 Å². The first-order chi connectivity index (χ1) is 17.3. The van der Waals surface area contributed by atoms with E-state index in [-0.39, 0.29) is 42.2 Å². The number of carbonyl (C=O) groups is 3. The number of Topliss-reactive ketones (excluding diaryl/α,β-unsaturated/α-hetero) is 1. The maximum absolute atomic E-state index is 14.1. The second-order valence-corrected chi connectivity index (χ2v) is 11.3. The topological polar surface area (TPSA) is 105 Å². The van der Waals surface area contributed by atoms with Crippen molar-refractivity contribution >= 4 is 17.7 Å². The Hall–Kier alpha value is -2.97. The number of cyclic esters (lactones) is 1. The highest BCUT2D eigenvalue weighted by Crippen LogP contribution is 2.74. The third kappa shape index (κ3) is 2.44. The first kappa shape index (κ1) is 22.2. The zero-order valence-electron chi connectivity index (χ0n) is 20.4. The Kier molecular flexibility index (Phi) is 4.37. The van der Waals surface area contributed by atoms with Crippen LogP contribution >= 0.6 is 0 Å². The fourth-order valence-corrected chi connectivity index (χ4v) is 8.17. The number of hydrogen-bond donors (Lipinski definition) is 0. The zero-order valence-corrected chi connectivity index (χ0v) is 20.4. The van der Waals surface area contributed by atoms with Gasteiger partial charge in [0, 0.05) is 18.1 Å². The van der Waals surface area contributed by atoms with Crippen LogP contribution in [-0.4, -0.2) is 55.4 Å². The number of carbonyl (C=O) groups excluding carboxylic acids is 3. The highest BCUT2D eigenvalue weighted by atomic mass is 16.6. The highest BCUT2D eigenvalue weighted by Gasteiger charge is 2.84. The second-order valence-electron chi connectivity index (χ2n) is 11.3. The maximum Gasteiger partial charge on any atom is 0.342 e. The average molecular weight is 493 g/mol. The normalized spacial score (nSPS) is 41.5. The molecule has 0 bridgehead atoms. The molecule has 3 fully saturated rings. The van der Waals surface area contributed by atoms with E-state index in [2.05, 4.69) is 6.92 Å². The van der Waals surface area contributed by atoms with Crippen LogP contribution in [0.4, 0.5) is 0 Å². The van der Waals surface area contributed by atoms with Crippen molar-refractivity contribution in [3.63, 3.8) is 0 Å². The summed E-state index contributed by atoms with van der Waals surface area (Å²) < 4.78 is 29.7. The summed E-state index contributed by atoms with van der Waals surface area (Å²) in [6.07, 6.45) is 2.22. The SMILES string of the molecule is COC[C@H]1OC(=O)c2coc3c2[C@@]1(C)[C@@]12O[C@@H]1C[C@]1(C)[C@@H](OC(=O)c4ccccc4)CC[C@H]1[C@@H]2C3=O. The average Bonchev–Trinajstić information content (AvgIpc) is 3.24. The van der Waals surface area contributed by atoms with Gasteiger partial charge in [-0.2, -0.15) is 0 Å². The minimum Gasteiger partial charge on any atom is -0.460 e. The van der Waals surface area contributed by atoms with E-state index in [1.807, 2.05) is 25.1 Å². The first-order valence-electron chi connectivity index (χ1n) is 12.6. The summed E-state index contributed by atoms with van der Waals surface area (Å²) in [5.74, 6) is -1.33. The molecule has 8 nitrogen and oxygen atoms in total. The van der Waals surface area contributed by atoms with Gasteiger partial charge in [-0.05, 0) is 44.2 Å². The highest BCUT2D eigenvalue weighted by molar-refractivity contribution is 6.05. The number of ether oxygens (including phenoxy) is 4. The summed E-state index contributed by atoms with van der Waals surface area (Å²) in [5, 5.41) is 0. The van der Waals surface area contributed by atoms with Crippen molar-refractivity contribution in [1.29, 1.82) is 0 Å². The Balaban J connectivity index is 1.30. The molecule has 1 aromatic carbocycles. The standard InChI is InChI=1S/C28H28O8/c1-26-11-18-28(36-18)21(16(26)9-10-17(26)34-24(30)14-7-5-4-6-8-14)22(29)23-20-15(12-33-23)25(31)35-19(13-32-3)27(20,28)2/h4-8,12,16-19,21H,9-11,13H2,1-3H3/t16-,17-,18+,19+,21+,26-,27-,28+/m0/s1. The molecule has 8 atom stereocenters. The number of methoxy groups -OCH3 is 1. The van der Waals surface area contributed by atoms with Gasteiger partial charge in [0.15, 0.2) is 5.76 Å². The molecule has 3 aliphatic carbocycles. The van der Waals surface area contributed by atoms with E-state index in [1.54, 1.807) is 19.2 Å². The largest absolute Gasteiger partial charge is 0.460 e. The van der Waals surface area contributed by atoms with Crippen molar-refractivity contribution < 1.29 is 37.7 Å². The van der Waals surface area contributed by atoms with Crippen LogP contribution in [0.2, 0.25) is 0 Å². The third-order valence-corrected chi connectivity index (χ3v) is 9.89. The quantitative estimate of drug-likeness (QED) is 0.470. The number of epoxide rings is 1. The molecule has 1 aromatic heterocycles. The molecule has 36 heavy (non-hydrogen) atoms. The maximum atomic E-state index is 14.1. The van der Waals surface area contributed by atoms with Crippen molar-refractivity contribution in [3.05, 3.63) is 59.0 Å². The molecule has 8 heteroatoms. The minimum atomic E-state index is -0.817. The number of furan rings is 1. The number of esters is 2. The van der Waals surface area contributed by atoms with Crippen LogP contribution in [0.5, 0.6) is 0 Å². The van der Waals surface area contributed by atoms with Gasteiger partial charge in [-0.1, -0.05) is 25.1 Å². The lowest BCUT2D eigenvalue weighted by Crippen LogP contribution is -2.67. The predicted octanol–water partition coefficient (Wildman–Crippen LogP) is 3.72. The van der Waals surface area contributed by atoms with E-state index in [4.69, 9.17) is 23.4 Å². The number of rotatable bonds is 4. The molecule has 0 amide bonds. The van der Waals surface area contributed by atoms with Gasteiger partial charge < -0.3 is 23.4 Å². The molecule has 7 rings (SSSR count). The van der Waals surface area contributed by atoms with Gasteiger partial charge in [0.25, 0.3) is 0 Å². The summed E-state index contributed by atoms with van der Waals surface area (Å²) >= 11 is 0. The van der Waals surface area contributed by atoms with E-state index in [0.29, 0.717) is 29.5 Å². The molecule has 2 aliphatic heterocycles. The van der Waals surface area contributed by atoms with Crippen LogP contribution < -0.4 is 0 Å². The van der Waals surface area contributed by atoms with Crippen LogP contribution in [0.1, 0.15) is 69.9 Å². The fraction of sp³-hybridized carbons (Fsp3) is 0.536. The van der Waals surface area contributed by atoms with Crippen LogP contribution in [0.25, 0.3) is 0 Å². The molecule has 0 unspecified atom stereocenters. The second kappa shape index (κ2) is 7.07. The molecule has 0 N–H and O–H groups in total. The van der Waals surface area contributed by atoms with Gasteiger partial charge in [0.05, 0.1) is 29.6 Å². The molecule has 5 aliphatic rings. The van der Waals surface area contributed by atoms with Gasteiger partial charge in [0.1, 0.15) is 29.6 Å². The summed E-state index contributed by atoms with van der Waals surface area (Å²) in [4.78, 5) is 39.7. The monoisotopic (exact) mass is 492 g/mol. The summed E-state index contributed by atoms with van der Waals surface area (Å²) in [5.41, 5.74) is -0.637. The van der Waals surface area contributed by atoms with Crippen molar-refractivity contribution in [2.75, 3.05) is 13.7 Å². The van der Waals surface area contributed by atoms with Crippen LogP contribution in [0.15, 0.2) is 41.0 Å². The van der Waals surface area contributed by atoms with E-state index in [1.165, 1.54) is 6.26 Å². The van der Waals surface area contributed by atoms with Gasteiger partial charge in [-0.3, -0.25) is 4.79 Å². The van der Waals surface area contributed by atoms with Crippen molar-refractivity contribution in [3.8, 4) is 0 Å². The van der Waals surface area contributed by atoms with Gasteiger partial charge in [-0.25, -0.2) is 9.59 Å². The van der Waals surface area contributed by atoms with E-state index < -0.39 is 34.4 Å². The van der Waals surface area contributed by atoms with Crippen molar-refractivity contribution in [1.82, 2.24) is 0 Å². The molecule has 188 valence electrons. The van der Waals surface area contributed by atoms with Gasteiger partial charge in [-0.15, -0.1) is 0 Å². The summed E-state index contributed by atoms with van der Waals surface area (Å²) in [6.45, 7) is 4.32. The third-order valence-electron chi connectivity index (χ3n) is 9.89. The molecular weight excluding hydrogens is 464 g/mol. The predicted molar refractivity (Wildman–Crippen MR) is 124 cm³/mol. The smallest absolute Gasteiger partial charge is 0.342 e. The molecule has 2 saturated carbocycles. The summed E-state index contributed by atoms with van der Waals surface area (Å²) in [7, 11) is 1.57. The van der Waals surface area contributed by atoms with E-state index in [0.717, 1.165) is 6.42 Å². The number of benzene rings is 1. The molecule has 3 heterocycles. The summed E-state index contributed by atoms with van der Waals surface area (Å²) in [6, 6.07) is 8.97. The van der Waals surface area contributed by atoms with E-state index in [9.17, 15) is 14.4 Å². The minimum absolute atomic E-state index is 0.0725.